The third-order valence-electron chi connectivity index (χ3n) is 2.04. The van der Waals surface area contributed by atoms with Gasteiger partial charge in [0.25, 0.3) is 0 Å². The second kappa shape index (κ2) is 5.49. The van der Waals surface area contributed by atoms with Crippen molar-refractivity contribution >= 4 is 23.1 Å². The molecule has 4 nitrogen and oxygen atoms in total. The maximum Gasteiger partial charge on any atom is 0.240 e. The van der Waals surface area contributed by atoms with Gasteiger partial charge in [-0.3, -0.25) is 0 Å². The van der Waals surface area contributed by atoms with Crippen LogP contribution in [-0.4, -0.2) is 6.08 Å². The van der Waals surface area contributed by atoms with Crippen LogP contribution in [0, 0.1) is 0 Å². The Morgan fingerprint density at radius 1 is 0.765 bits per heavy atom. The maximum atomic E-state index is 10.1. The summed E-state index contributed by atoms with van der Waals surface area (Å²) in [6, 6.07) is 16.3. The van der Waals surface area contributed by atoms with Gasteiger partial charge in [-0.25, -0.2) is 4.79 Å². The lowest BCUT2D eigenvalue weighted by molar-refractivity contribution is 0.565. The fraction of sp³-hybridized carbons (Fsp3) is 0. The van der Waals surface area contributed by atoms with Crippen LogP contribution in [0.25, 0.3) is 0 Å². The zero-order valence-corrected chi connectivity index (χ0v) is 8.95. The van der Waals surface area contributed by atoms with E-state index < -0.39 is 0 Å². The summed E-state index contributed by atoms with van der Waals surface area (Å²) in [5, 5.41) is 8.12. The van der Waals surface area contributed by atoms with E-state index in [1.165, 1.54) is 6.08 Å². The SMILES string of the molecule is O=C=Nc1cccc(N=Nc2ccccc2)c1. The van der Waals surface area contributed by atoms with Gasteiger partial charge in [0.1, 0.15) is 0 Å². The zero-order chi connectivity index (χ0) is 11.9. The largest absolute Gasteiger partial charge is 0.240 e. The monoisotopic (exact) mass is 223 g/mol. The summed E-state index contributed by atoms with van der Waals surface area (Å²) in [5.41, 5.74) is 1.94. The Morgan fingerprint density at radius 3 is 2.18 bits per heavy atom. The highest BCUT2D eigenvalue weighted by atomic mass is 16.1. The van der Waals surface area contributed by atoms with E-state index in [1.807, 2.05) is 30.3 Å². The molecular weight excluding hydrogens is 214 g/mol. The molecule has 0 aliphatic carbocycles. The van der Waals surface area contributed by atoms with Gasteiger partial charge in [0, 0.05) is 0 Å². The molecule has 0 saturated carbocycles. The van der Waals surface area contributed by atoms with E-state index in [-0.39, 0.29) is 0 Å². The number of aliphatic imine (C=N–C) groups is 1. The van der Waals surface area contributed by atoms with Crippen LogP contribution in [-0.2, 0) is 4.79 Å². The van der Waals surface area contributed by atoms with Crippen LogP contribution in [0.2, 0.25) is 0 Å². The summed E-state index contributed by atoms with van der Waals surface area (Å²) < 4.78 is 0. The number of nitrogens with zero attached hydrogens (tertiary/aromatic N) is 3. The second-order valence-corrected chi connectivity index (χ2v) is 3.26. The second-order valence-electron chi connectivity index (χ2n) is 3.26. The number of azo groups is 1. The lowest BCUT2D eigenvalue weighted by Gasteiger charge is -1.94. The number of carbonyl (C=O) groups excluding carboxylic acids is 1. The molecule has 0 heterocycles. The molecule has 2 aromatic carbocycles. The van der Waals surface area contributed by atoms with Crippen molar-refractivity contribution in [1.29, 1.82) is 0 Å². The standard InChI is InChI=1S/C13H9N3O/c17-10-14-12-7-4-8-13(9-12)16-15-11-5-2-1-3-6-11/h1-9H. The Hall–Kier alpha value is -2.58. The van der Waals surface area contributed by atoms with E-state index in [1.54, 1.807) is 24.3 Å². The first-order valence-corrected chi connectivity index (χ1v) is 5.03. The smallest absolute Gasteiger partial charge is 0.211 e. The third-order valence-corrected chi connectivity index (χ3v) is 2.04. The highest BCUT2D eigenvalue weighted by molar-refractivity contribution is 5.55. The van der Waals surface area contributed by atoms with Gasteiger partial charge in [0.05, 0.1) is 17.1 Å². The van der Waals surface area contributed by atoms with Gasteiger partial charge in [0.15, 0.2) is 0 Å². The Morgan fingerprint density at radius 2 is 1.41 bits per heavy atom. The molecule has 2 rings (SSSR count). The van der Waals surface area contributed by atoms with Gasteiger partial charge in [-0.2, -0.15) is 15.2 Å². The lowest BCUT2D eigenvalue weighted by Crippen LogP contribution is -1.66. The molecule has 0 bridgehead atoms. The highest BCUT2D eigenvalue weighted by Crippen LogP contribution is 2.22. The number of rotatable bonds is 3. The minimum Gasteiger partial charge on any atom is -0.211 e. The lowest BCUT2D eigenvalue weighted by atomic mass is 10.3. The van der Waals surface area contributed by atoms with Gasteiger partial charge < -0.3 is 0 Å². The van der Waals surface area contributed by atoms with Crippen LogP contribution < -0.4 is 0 Å². The molecule has 0 aliphatic heterocycles. The molecule has 0 atom stereocenters. The molecule has 0 radical (unpaired) electrons. The molecule has 2 aromatic rings. The topological polar surface area (TPSA) is 54.1 Å². The molecule has 4 heteroatoms. The summed E-state index contributed by atoms with van der Waals surface area (Å²) in [5.74, 6) is 0. The molecule has 0 aromatic heterocycles. The van der Waals surface area contributed by atoms with Crippen molar-refractivity contribution in [2.24, 2.45) is 15.2 Å². The molecule has 0 spiro atoms. The average Bonchev–Trinajstić information content (AvgIpc) is 2.39. The Kier molecular flexibility index (Phi) is 3.53. The Balaban J connectivity index is 2.21. The molecule has 0 saturated heterocycles. The summed E-state index contributed by atoms with van der Waals surface area (Å²) in [6.07, 6.45) is 1.49. The van der Waals surface area contributed by atoms with Crippen LogP contribution in [0.15, 0.2) is 69.8 Å². The average molecular weight is 223 g/mol. The van der Waals surface area contributed by atoms with Gasteiger partial charge in [-0.15, -0.1) is 0 Å². The summed E-state index contributed by atoms with van der Waals surface area (Å²) in [6.45, 7) is 0. The maximum absolute atomic E-state index is 10.1. The fourth-order valence-corrected chi connectivity index (χ4v) is 1.29. The number of isocyanates is 1. The summed E-state index contributed by atoms with van der Waals surface area (Å²) in [7, 11) is 0. The minimum absolute atomic E-state index is 0.518. The van der Waals surface area contributed by atoms with Crippen molar-refractivity contribution in [1.82, 2.24) is 0 Å². The predicted octanol–water partition coefficient (Wildman–Crippen LogP) is 4.07. The summed E-state index contributed by atoms with van der Waals surface area (Å²) >= 11 is 0. The van der Waals surface area contributed by atoms with Gasteiger partial charge in [-0.1, -0.05) is 24.3 Å². The van der Waals surface area contributed by atoms with Crippen LogP contribution in [0.3, 0.4) is 0 Å². The van der Waals surface area contributed by atoms with Crippen LogP contribution >= 0.6 is 0 Å². The molecule has 0 amide bonds. The molecular formula is C13H9N3O. The Labute approximate surface area is 98.4 Å². The molecule has 0 aliphatic rings. The predicted molar refractivity (Wildman–Crippen MR) is 64.8 cm³/mol. The molecule has 0 fully saturated rings. The van der Waals surface area contributed by atoms with Crippen molar-refractivity contribution in [3.8, 4) is 0 Å². The van der Waals surface area contributed by atoms with E-state index in [9.17, 15) is 4.79 Å². The Bertz CT molecular complexity index is 572. The van der Waals surface area contributed by atoms with Crippen molar-refractivity contribution in [3.05, 3.63) is 54.6 Å². The van der Waals surface area contributed by atoms with E-state index in [0.717, 1.165) is 5.69 Å². The normalized spacial score (nSPS) is 10.1. The highest BCUT2D eigenvalue weighted by Gasteiger charge is 1.92. The molecule has 17 heavy (non-hydrogen) atoms. The van der Waals surface area contributed by atoms with Crippen molar-refractivity contribution in [2.45, 2.75) is 0 Å². The minimum atomic E-state index is 0.518. The van der Waals surface area contributed by atoms with Gasteiger partial charge in [0.2, 0.25) is 6.08 Å². The van der Waals surface area contributed by atoms with Crippen molar-refractivity contribution < 1.29 is 4.79 Å². The number of benzene rings is 2. The molecule has 82 valence electrons. The van der Waals surface area contributed by atoms with E-state index >= 15 is 0 Å². The number of hydrogen-bond acceptors (Lipinski definition) is 4. The van der Waals surface area contributed by atoms with Gasteiger partial charge in [-0.05, 0) is 30.3 Å². The number of hydrogen-bond donors (Lipinski definition) is 0. The first-order chi connectivity index (χ1) is 8.38. The van der Waals surface area contributed by atoms with Crippen molar-refractivity contribution in [2.75, 3.05) is 0 Å². The van der Waals surface area contributed by atoms with Crippen molar-refractivity contribution in [3.63, 3.8) is 0 Å². The van der Waals surface area contributed by atoms with Crippen LogP contribution in [0.5, 0.6) is 0 Å². The van der Waals surface area contributed by atoms with E-state index in [0.29, 0.717) is 11.4 Å². The van der Waals surface area contributed by atoms with E-state index in [4.69, 9.17) is 0 Å². The summed E-state index contributed by atoms with van der Waals surface area (Å²) in [4.78, 5) is 13.6. The quantitative estimate of drug-likeness (QED) is 0.439. The first-order valence-electron chi connectivity index (χ1n) is 5.03. The third kappa shape index (κ3) is 3.19. The van der Waals surface area contributed by atoms with Crippen LogP contribution in [0.4, 0.5) is 17.1 Å². The molecule has 0 N–H and O–H groups in total. The fourth-order valence-electron chi connectivity index (χ4n) is 1.29. The zero-order valence-electron chi connectivity index (χ0n) is 8.95. The first kappa shape index (κ1) is 10.9. The van der Waals surface area contributed by atoms with Crippen LogP contribution in [0.1, 0.15) is 0 Å². The molecule has 0 unspecified atom stereocenters. The van der Waals surface area contributed by atoms with Gasteiger partial charge >= 0.3 is 0 Å². The van der Waals surface area contributed by atoms with E-state index in [2.05, 4.69) is 15.2 Å².